The predicted molar refractivity (Wildman–Crippen MR) is 96.3 cm³/mol. The van der Waals surface area contributed by atoms with E-state index in [0.29, 0.717) is 12.5 Å². The van der Waals surface area contributed by atoms with E-state index >= 15 is 0 Å². The Balaban J connectivity index is 1.63. The molecule has 122 valence electrons. The summed E-state index contributed by atoms with van der Waals surface area (Å²) in [5.74, 6) is 1.55. The maximum atomic E-state index is 12.6. The van der Waals surface area contributed by atoms with E-state index in [-0.39, 0.29) is 5.91 Å². The molecule has 1 aromatic heterocycles. The smallest absolute Gasteiger partial charge is 0.244 e. The van der Waals surface area contributed by atoms with Crippen molar-refractivity contribution in [1.82, 2.24) is 9.55 Å². The summed E-state index contributed by atoms with van der Waals surface area (Å²) in [7, 11) is 0. The first-order valence-corrected chi connectivity index (χ1v) is 8.44. The molecule has 0 atom stereocenters. The molecule has 0 bridgehead atoms. The SMILES string of the molecule is Cc1cccc(NC(=O)Cn2c(C3CC3)nc3ccccc32)c1C. The minimum atomic E-state index is -0.00578. The van der Waals surface area contributed by atoms with Gasteiger partial charge in [0.25, 0.3) is 0 Å². The Kier molecular flexibility index (Phi) is 3.60. The van der Waals surface area contributed by atoms with E-state index < -0.39 is 0 Å². The number of benzene rings is 2. The minimum Gasteiger partial charge on any atom is -0.324 e. The van der Waals surface area contributed by atoms with E-state index in [1.165, 1.54) is 18.4 Å². The van der Waals surface area contributed by atoms with Crippen LogP contribution >= 0.6 is 0 Å². The topological polar surface area (TPSA) is 46.9 Å². The predicted octanol–water partition coefficient (Wildman–Crippen LogP) is 4.17. The number of hydrogen-bond donors (Lipinski definition) is 1. The highest BCUT2D eigenvalue weighted by atomic mass is 16.1. The average Bonchev–Trinajstić information content (AvgIpc) is 3.35. The van der Waals surface area contributed by atoms with E-state index in [2.05, 4.69) is 22.9 Å². The molecule has 2 aromatic carbocycles. The van der Waals surface area contributed by atoms with Crippen LogP contribution in [0, 0.1) is 13.8 Å². The zero-order valence-electron chi connectivity index (χ0n) is 14.0. The van der Waals surface area contributed by atoms with Gasteiger partial charge >= 0.3 is 0 Å². The quantitative estimate of drug-likeness (QED) is 0.784. The Morgan fingerprint density at radius 1 is 1.17 bits per heavy atom. The molecule has 0 spiro atoms. The highest BCUT2D eigenvalue weighted by molar-refractivity contribution is 5.92. The number of aromatic nitrogens is 2. The third kappa shape index (κ3) is 2.68. The number of rotatable bonds is 4. The largest absolute Gasteiger partial charge is 0.324 e. The lowest BCUT2D eigenvalue weighted by atomic mass is 10.1. The van der Waals surface area contributed by atoms with Crippen molar-refractivity contribution >= 4 is 22.6 Å². The molecule has 4 heteroatoms. The summed E-state index contributed by atoms with van der Waals surface area (Å²) >= 11 is 0. The summed E-state index contributed by atoms with van der Waals surface area (Å²) in [5, 5.41) is 3.05. The first-order valence-electron chi connectivity index (χ1n) is 8.44. The molecule has 3 aromatic rings. The molecule has 1 fully saturated rings. The fourth-order valence-corrected chi connectivity index (χ4v) is 3.13. The molecule has 1 aliphatic carbocycles. The molecular formula is C20H21N3O. The zero-order chi connectivity index (χ0) is 16.7. The third-order valence-electron chi connectivity index (χ3n) is 4.81. The molecule has 1 heterocycles. The molecule has 24 heavy (non-hydrogen) atoms. The summed E-state index contributed by atoms with van der Waals surface area (Å²) in [6.45, 7) is 4.40. The molecule has 0 saturated heterocycles. The van der Waals surface area contributed by atoms with Crippen LogP contribution < -0.4 is 5.32 Å². The maximum absolute atomic E-state index is 12.6. The number of para-hydroxylation sites is 2. The van der Waals surface area contributed by atoms with E-state index in [1.807, 2.05) is 43.3 Å². The van der Waals surface area contributed by atoms with Crippen LogP contribution in [0.15, 0.2) is 42.5 Å². The van der Waals surface area contributed by atoms with Gasteiger partial charge in [0.15, 0.2) is 0 Å². The Morgan fingerprint density at radius 3 is 2.75 bits per heavy atom. The summed E-state index contributed by atoms with van der Waals surface area (Å²) in [5.41, 5.74) is 5.19. The first kappa shape index (κ1) is 14.9. The molecule has 4 rings (SSSR count). The second-order valence-electron chi connectivity index (χ2n) is 6.61. The summed E-state index contributed by atoms with van der Waals surface area (Å²) < 4.78 is 2.08. The normalized spacial score (nSPS) is 14.1. The van der Waals surface area contributed by atoms with Gasteiger partial charge in [-0.1, -0.05) is 24.3 Å². The van der Waals surface area contributed by atoms with Crippen molar-refractivity contribution in [1.29, 1.82) is 0 Å². The van der Waals surface area contributed by atoms with Crippen molar-refractivity contribution in [3.63, 3.8) is 0 Å². The van der Waals surface area contributed by atoms with Gasteiger partial charge in [0, 0.05) is 11.6 Å². The number of carbonyl (C=O) groups excluding carboxylic acids is 1. The van der Waals surface area contributed by atoms with Crippen LogP contribution in [0.5, 0.6) is 0 Å². The third-order valence-corrected chi connectivity index (χ3v) is 4.81. The van der Waals surface area contributed by atoms with Gasteiger partial charge in [-0.05, 0) is 56.0 Å². The van der Waals surface area contributed by atoms with Crippen molar-refractivity contribution in [3.8, 4) is 0 Å². The lowest BCUT2D eigenvalue weighted by molar-refractivity contribution is -0.116. The van der Waals surface area contributed by atoms with Gasteiger partial charge in [0.05, 0.1) is 11.0 Å². The highest BCUT2D eigenvalue weighted by Gasteiger charge is 2.30. The molecule has 0 unspecified atom stereocenters. The number of imidazole rings is 1. The molecule has 0 radical (unpaired) electrons. The second kappa shape index (κ2) is 5.78. The van der Waals surface area contributed by atoms with Gasteiger partial charge in [0.2, 0.25) is 5.91 Å². The van der Waals surface area contributed by atoms with Gasteiger partial charge in [0.1, 0.15) is 12.4 Å². The Hall–Kier alpha value is -2.62. The van der Waals surface area contributed by atoms with Gasteiger partial charge < -0.3 is 9.88 Å². The van der Waals surface area contributed by atoms with E-state index in [1.54, 1.807) is 0 Å². The van der Waals surface area contributed by atoms with Gasteiger partial charge in [-0.3, -0.25) is 4.79 Å². The summed E-state index contributed by atoms with van der Waals surface area (Å²) in [6.07, 6.45) is 2.34. The number of anilines is 1. The molecule has 1 N–H and O–H groups in total. The van der Waals surface area contributed by atoms with Crippen molar-refractivity contribution in [3.05, 3.63) is 59.4 Å². The standard InChI is InChI=1S/C20H21N3O/c1-13-6-5-8-16(14(13)2)21-19(24)12-23-18-9-4-3-7-17(18)22-20(23)15-10-11-15/h3-9,15H,10-12H2,1-2H3,(H,21,24). The fourth-order valence-electron chi connectivity index (χ4n) is 3.13. The number of nitrogens with one attached hydrogen (secondary N) is 1. The van der Waals surface area contributed by atoms with Crippen LogP contribution in [0.4, 0.5) is 5.69 Å². The Labute approximate surface area is 141 Å². The van der Waals surface area contributed by atoms with Crippen molar-refractivity contribution in [2.75, 3.05) is 5.32 Å². The van der Waals surface area contributed by atoms with Crippen LogP contribution in [0.25, 0.3) is 11.0 Å². The second-order valence-corrected chi connectivity index (χ2v) is 6.61. The van der Waals surface area contributed by atoms with E-state index in [0.717, 1.165) is 28.1 Å². The minimum absolute atomic E-state index is 0.00578. The van der Waals surface area contributed by atoms with Crippen LogP contribution in [-0.2, 0) is 11.3 Å². The lowest BCUT2D eigenvalue weighted by Gasteiger charge is -2.12. The molecule has 1 aliphatic rings. The maximum Gasteiger partial charge on any atom is 0.244 e. The Bertz CT molecular complexity index is 922. The lowest BCUT2D eigenvalue weighted by Crippen LogP contribution is -2.20. The van der Waals surface area contributed by atoms with Gasteiger partial charge in [-0.2, -0.15) is 0 Å². The number of carbonyl (C=O) groups is 1. The van der Waals surface area contributed by atoms with Crippen molar-refractivity contribution in [2.24, 2.45) is 0 Å². The number of amides is 1. The van der Waals surface area contributed by atoms with Crippen LogP contribution in [0.3, 0.4) is 0 Å². The molecule has 1 saturated carbocycles. The molecule has 1 amide bonds. The van der Waals surface area contributed by atoms with Crippen LogP contribution in [0.2, 0.25) is 0 Å². The van der Waals surface area contributed by atoms with Gasteiger partial charge in [-0.15, -0.1) is 0 Å². The summed E-state index contributed by atoms with van der Waals surface area (Å²) in [6, 6.07) is 14.0. The fraction of sp³-hybridized carbons (Fsp3) is 0.300. The Morgan fingerprint density at radius 2 is 1.96 bits per heavy atom. The van der Waals surface area contributed by atoms with E-state index in [9.17, 15) is 4.79 Å². The molecular weight excluding hydrogens is 298 g/mol. The average molecular weight is 319 g/mol. The van der Waals surface area contributed by atoms with Crippen LogP contribution in [0.1, 0.15) is 35.7 Å². The first-order chi connectivity index (χ1) is 11.6. The number of fused-ring (bicyclic) bond motifs is 1. The highest BCUT2D eigenvalue weighted by Crippen LogP contribution is 2.40. The number of nitrogens with zero attached hydrogens (tertiary/aromatic N) is 2. The number of hydrogen-bond acceptors (Lipinski definition) is 2. The zero-order valence-corrected chi connectivity index (χ0v) is 14.0. The van der Waals surface area contributed by atoms with Crippen molar-refractivity contribution in [2.45, 2.75) is 39.2 Å². The van der Waals surface area contributed by atoms with Crippen LogP contribution in [-0.4, -0.2) is 15.5 Å². The monoisotopic (exact) mass is 319 g/mol. The van der Waals surface area contributed by atoms with Crippen molar-refractivity contribution < 1.29 is 4.79 Å². The van der Waals surface area contributed by atoms with E-state index in [4.69, 9.17) is 4.98 Å². The number of aryl methyl sites for hydroxylation is 1. The van der Waals surface area contributed by atoms with Gasteiger partial charge in [-0.25, -0.2) is 4.98 Å². The summed E-state index contributed by atoms with van der Waals surface area (Å²) in [4.78, 5) is 17.4. The molecule has 4 nitrogen and oxygen atoms in total. The molecule has 0 aliphatic heterocycles.